The third kappa shape index (κ3) is 6.66. The number of para-hydroxylation sites is 1. The van der Waals surface area contributed by atoms with Gasteiger partial charge in [-0.25, -0.2) is 14.1 Å². The number of hydrogen-bond donors (Lipinski definition) is 4. The predicted molar refractivity (Wildman–Crippen MR) is 172 cm³/mol. The van der Waals surface area contributed by atoms with Crippen molar-refractivity contribution >= 4 is 25.1 Å². The van der Waals surface area contributed by atoms with E-state index in [1.54, 1.807) is 24.3 Å². The monoisotopic (exact) mass is 676 g/mol. The Kier molecular flexibility index (Phi) is 9.53. The number of aliphatic hydroxyl groups excluding tert-OH is 1. The highest BCUT2D eigenvalue weighted by molar-refractivity contribution is 7.52. The maximum atomic E-state index is 14.2. The molecule has 1 unspecified atom stereocenters. The topological polar surface area (TPSA) is 204 Å². The van der Waals surface area contributed by atoms with Crippen molar-refractivity contribution < 1.29 is 38.1 Å². The minimum atomic E-state index is -4.45. The molecule has 5 atom stereocenters. The second-order valence-electron chi connectivity index (χ2n) is 12.1. The molecule has 2 aromatic carbocycles. The van der Waals surface area contributed by atoms with Crippen molar-refractivity contribution in [3.63, 3.8) is 0 Å². The molecule has 4 aromatic rings. The second-order valence-corrected chi connectivity index (χ2v) is 13.8. The van der Waals surface area contributed by atoms with E-state index >= 15 is 0 Å². The Bertz CT molecular complexity index is 1830. The van der Waals surface area contributed by atoms with Gasteiger partial charge >= 0.3 is 13.7 Å². The number of nitrogens with zero attached hydrogens (tertiary/aromatic N) is 4. The van der Waals surface area contributed by atoms with Gasteiger partial charge in [0.05, 0.1) is 12.3 Å². The van der Waals surface area contributed by atoms with Crippen LogP contribution in [-0.2, 0) is 29.0 Å². The van der Waals surface area contributed by atoms with Crippen LogP contribution in [-0.4, -0.2) is 67.8 Å². The molecule has 1 saturated heterocycles. The van der Waals surface area contributed by atoms with Gasteiger partial charge in [-0.3, -0.25) is 9.32 Å². The molecule has 3 heterocycles. The number of esters is 1. The van der Waals surface area contributed by atoms with Crippen molar-refractivity contribution in [1.29, 1.82) is 5.26 Å². The summed E-state index contributed by atoms with van der Waals surface area (Å²) in [6.07, 6.45) is 2.09. The van der Waals surface area contributed by atoms with Crippen molar-refractivity contribution in [1.82, 2.24) is 19.7 Å². The number of anilines is 1. The van der Waals surface area contributed by atoms with Crippen molar-refractivity contribution in [2.45, 2.75) is 68.0 Å². The molecule has 2 aliphatic rings. The molecule has 1 saturated carbocycles. The van der Waals surface area contributed by atoms with Gasteiger partial charge in [-0.2, -0.15) is 15.4 Å². The molecule has 252 valence electrons. The summed E-state index contributed by atoms with van der Waals surface area (Å²) in [7, 11) is -4.45. The summed E-state index contributed by atoms with van der Waals surface area (Å²) >= 11 is 0. The lowest BCUT2D eigenvalue weighted by Gasteiger charge is -2.31. The van der Waals surface area contributed by atoms with E-state index in [1.165, 1.54) is 41.5 Å². The molecule has 48 heavy (non-hydrogen) atoms. The normalized spacial score (nSPS) is 27.5. The number of ether oxygens (including phenoxy) is 2. The molecule has 0 spiro atoms. The lowest BCUT2D eigenvalue weighted by molar-refractivity contribution is -0.152. The quantitative estimate of drug-likeness (QED) is 0.133. The third-order valence-corrected chi connectivity index (χ3v) is 10.5. The van der Waals surface area contributed by atoms with Gasteiger partial charge in [-0.1, -0.05) is 48.5 Å². The number of nitrogens with one attached hydrogen (secondary N) is 1. The maximum absolute atomic E-state index is 14.2. The molecule has 0 bridgehead atoms. The Labute approximate surface area is 277 Å². The molecule has 2 aromatic heterocycles. The van der Waals surface area contributed by atoms with Gasteiger partial charge in [0.15, 0.2) is 11.4 Å². The standard InChI is InChI=1S/C33H37N6O8P/c1-22(30(40)46-25-14-12-24(13-15-25)23-8-4-2-5-9-23)38-48(43,47-26-10-6-3-7-11-26)45-19-32(18-34)31(41)33(42,20-44-32)28-17-16-27-29(35)36-21-37-39(27)28/h2-11,16-17,21-22,24-25,31,41-42H,12-15,19-20H2,1H3,(H,38,43)(H2,35,36,37)/t22-,24?,25?,31+,32+,33+,48?/m0/s1. The number of benzene rings is 2. The highest BCUT2D eigenvalue weighted by Gasteiger charge is 2.61. The van der Waals surface area contributed by atoms with E-state index in [4.69, 9.17) is 24.3 Å². The van der Waals surface area contributed by atoms with E-state index in [2.05, 4.69) is 27.3 Å². The highest BCUT2D eigenvalue weighted by atomic mass is 31.2. The predicted octanol–water partition coefficient (Wildman–Crippen LogP) is 3.60. The van der Waals surface area contributed by atoms with E-state index in [1.807, 2.05) is 24.3 Å². The van der Waals surface area contributed by atoms with Gasteiger partial charge in [-0.05, 0) is 68.4 Å². The number of nitrogen functional groups attached to an aromatic ring is 1. The number of rotatable bonds is 11. The van der Waals surface area contributed by atoms with Crippen molar-refractivity contribution in [2.24, 2.45) is 0 Å². The van der Waals surface area contributed by atoms with Crippen LogP contribution >= 0.6 is 7.75 Å². The molecule has 15 heteroatoms. The first-order valence-electron chi connectivity index (χ1n) is 15.6. The van der Waals surface area contributed by atoms with Crippen LogP contribution in [0, 0.1) is 11.3 Å². The van der Waals surface area contributed by atoms with Crippen LogP contribution < -0.4 is 15.3 Å². The van der Waals surface area contributed by atoms with Gasteiger partial charge in [-0.15, -0.1) is 0 Å². The molecule has 14 nitrogen and oxygen atoms in total. The Morgan fingerprint density at radius 1 is 1.15 bits per heavy atom. The van der Waals surface area contributed by atoms with Crippen LogP contribution in [0.2, 0.25) is 0 Å². The summed E-state index contributed by atoms with van der Waals surface area (Å²) in [6.45, 7) is 0.122. The Hall–Kier alpha value is -4.35. The van der Waals surface area contributed by atoms with Crippen LogP contribution in [0.25, 0.3) is 5.52 Å². The zero-order valence-corrected chi connectivity index (χ0v) is 27.1. The van der Waals surface area contributed by atoms with E-state index in [0.717, 1.165) is 12.8 Å². The first-order valence-corrected chi connectivity index (χ1v) is 17.2. The molecule has 6 rings (SSSR count). The Morgan fingerprint density at radius 3 is 2.52 bits per heavy atom. The smallest absolute Gasteiger partial charge is 0.459 e. The van der Waals surface area contributed by atoms with Gasteiger partial charge in [0, 0.05) is 0 Å². The summed E-state index contributed by atoms with van der Waals surface area (Å²) in [6, 6.07) is 22.1. The number of carbonyl (C=O) groups excluding carboxylic acids is 1. The van der Waals surface area contributed by atoms with E-state index in [0.29, 0.717) is 24.3 Å². The third-order valence-electron chi connectivity index (χ3n) is 8.91. The molecule has 2 fully saturated rings. The fraction of sp³-hybridized carbons (Fsp3) is 0.394. The number of aromatic nitrogens is 3. The van der Waals surface area contributed by atoms with Crippen molar-refractivity contribution in [3.8, 4) is 11.8 Å². The second kappa shape index (κ2) is 13.6. The fourth-order valence-electron chi connectivity index (χ4n) is 6.21. The maximum Gasteiger partial charge on any atom is 0.459 e. The summed E-state index contributed by atoms with van der Waals surface area (Å²) in [5.41, 5.74) is 3.31. The minimum Gasteiger partial charge on any atom is -0.461 e. The number of fused-ring (bicyclic) bond motifs is 1. The molecule has 0 amide bonds. The van der Waals surface area contributed by atoms with Crippen molar-refractivity contribution in [3.05, 3.63) is 90.4 Å². The zero-order valence-electron chi connectivity index (χ0n) is 26.2. The average molecular weight is 677 g/mol. The van der Waals surface area contributed by atoms with Crippen molar-refractivity contribution in [2.75, 3.05) is 18.9 Å². The number of nitrogens with two attached hydrogens (primary N) is 1. The molecule has 5 N–H and O–H groups in total. The number of nitriles is 1. The number of aliphatic hydroxyl groups is 2. The van der Waals surface area contributed by atoms with Crippen LogP contribution in [0.5, 0.6) is 5.75 Å². The van der Waals surface area contributed by atoms with E-state index in [9.17, 15) is 24.8 Å². The molecular weight excluding hydrogens is 639 g/mol. The van der Waals surface area contributed by atoms with Gasteiger partial charge < -0.3 is 29.9 Å². The van der Waals surface area contributed by atoms with Gasteiger partial charge in [0.2, 0.25) is 5.60 Å². The van der Waals surface area contributed by atoms with Crippen LogP contribution in [0.1, 0.15) is 49.8 Å². The number of carbonyl (C=O) groups is 1. The minimum absolute atomic E-state index is 0.0900. The van der Waals surface area contributed by atoms with E-state index < -0.39 is 50.3 Å². The van der Waals surface area contributed by atoms with Crippen LogP contribution in [0.3, 0.4) is 0 Å². The fourth-order valence-corrected chi connectivity index (χ4v) is 7.73. The molecule has 0 radical (unpaired) electrons. The van der Waals surface area contributed by atoms with Gasteiger partial charge in [0.1, 0.15) is 48.5 Å². The molecule has 1 aliphatic heterocycles. The van der Waals surface area contributed by atoms with Crippen LogP contribution in [0.4, 0.5) is 5.82 Å². The first-order chi connectivity index (χ1) is 23.1. The lowest BCUT2D eigenvalue weighted by Crippen LogP contribution is -2.51. The molecular formula is C33H37N6O8P. The summed E-state index contributed by atoms with van der Waals surface area (Å²) < 4.78 is 38.4. The summed E-state index contributed by atoms with van der Waals surface area (Å²) in [4.78, 5) is 17.1. The first kappa shape index (κ1) is 33.5. The van der Waals surface area contributed by atoms with E-state index in [-0.39, 0.29) is 23.4 Å². The SMILES string of the molecule is C[C@H](NP(=O)(OC[C@@]1(C#N)OC[C@@](O)(c2ccc3c(N)ncnn23)[C@@H]1O)Oc1ccccc1)C(=O)OC1CCC(c2ccccc2)CC1. The zero-order chi connectivity index (χ0) is 33.9. The number of hydrogen-bond acceptors (Lipinski definition) is 12. The van der Waals surface area contributed by atoms with Crippen LogP contribution in [0.15, 0.2) is 79.1 Å². The average Bonchev–Trinajstić information content (AvgIpc) is 3.66. The lowest BCUT2D eigenvalue weighted by atomic mass is 9.83. The summed E-state index contributed by atoms with van der Waals surface area (Å²) in [5, 5.41) is 39.9. The Balaban J connectivity index is 1.15. The Morgan fingerprint density at radius 2 is 1.83 bits per heavy atom. The largest absolute Gasteiger partial charge is 0.461 e. The highest BCUT2D eigenvalue weighted by Crippen LogP contribution is 2.48. The summed E-state index contributed by atoms with van der Waals surface area (Å²) in [5.74, 6) is 0.0356. The molecule has 1 aliphatic carbocycles. The van der Waals surface area contributed by atoms with Gasteiger partial charge in [0.25, 0.3) is 0 Å².